The third kappa shape index (κ3) is 3.29. The van der Waals surface area contributed by atoms with E-state index < -0.39 is 5.97 Å². The first-order valence-electron chi connectivity index (χ1n) is 5.74. The minimum atomic E-state index is -0.396. The Bertz CT molecular complexity index is 567. The van der Waals surface area contributed by atoms with E-state index >= 15 is 0 Å². The molecule has 19 heavy (non-hydrogen) atoms. The van der Waals surface area contributed by atoms with Crippen molar-refractivity contribution in [2.45, 2.75) is 9.79 Å². The van der Waals surface area contributed by atoms with Gasteiger partial charge in [0.05, 0.1) is 14.2 Å². The van der Waals surface area contributed by atoms with Crippen molar-refractivity contribution in [3.05, 3.63) is 54.1 Å². The molecular weight excluding hydrogens is 260 g/mol. The highest BCUT2D eigenvalue weighted by molar-refractivity contribution is 7.99. The predicted octanol–water partition coefficient (Wildman–Crippen LogP) is 3.63. The molecule has 0 aliphatic rings. The molecule has 0 saturated heterocycles. The fraction of sp³-hybridized carbons (Fsp3) is 0.133. The molecule has 4 heteroatoms. The largest absolute Gasteiger partial charge is 0.496 e. The van der Waals surface area contributed by atoms with Crippen LogP contribution >= 0.6 is 11.8 Å². The van der Waals surface area contributed by atoms with Gasteiger partial charge in [0.2, 0.25) is 0 Å². The van der Waals surface area contributed by atoms with Gasteiger partial charge in [-0.25, -0.2) is 4.79 Å². The van der Waals surface area contributed by atoms with E-state index in [0.717, 1.165) is 9.79 Å². The van der Waals surface area contributed by atoms with Crippen molar-refractivity contribution in [2.24, 2.45) is 0 Å². The van der Waals surface area contributed by atoms with Crippen molar-refractivity contribution in [2.75, 3.05) is 14.2 Å². The number of hydrogen-bond acceptors (Lipinski definition) is 4. The second kappa shape index (κ2) is 6.29. The summed E-state index contributed by atoms with van der Waals surface area (Å²) in [5.41, 5.74) is 0.436. The van der Waals surface area contributed by atoms with Gasteiger partial charge >= 0.3 is 5.97 Å². The standard InChI is InChI=1S/C15H14O3S/c1-17-14-9-8-12(10-13(14)15(16)18-2)19-11-6-4-3-5-7-11/h3-10H,1-2H3. The van der Waals surface area contributed by atoms with Crippen LogP contribution in [0, 0.1) is 0 Å². The number of benzene rings is 2. The lowest BCUT2D eigenvalue weighted by atomic mass is 10.2. The molecule has 0 aromatic heterocycles. The van der Waals surface area contributed by atoms with Crippen LogP contribution in [0.25, 0.3) is 0 Å². The van der Waals surface area contributed by atoms with Gasteiger partial charge in [0.25, 0.3) is 0 Å². The van der Waals surface area contributed by atoms with Crippen molar-refractivity contribution >= 4 is 17.7 Å². The summed E-state index contributed by atoms with van der Waals surface area (Å²) in [7, 11) is 2.89. The predicted molar refractivity (Wildman–Crippen MR) is 74.9 cm³/mol. The maximum atomic E-state index is 11.7. The molecule has 0 amide bonds. The van der Waals surface area contributed by atoms with E-state index in [1.807, 2.05) is 36.4 Å². The quantitative estimate of drug-likeness (QED) is 0.797. The highest BCUT2D eigenvalue weighted by Gasteiger charge is 2.13. The Morgan fingerprint density at radius 3 is 2.37 bits per heavy atom. The number of rotatable bonds is 4. The van der Waals surface area contributed by atoms with Crippen LogP contribution in [-0.4, -0.2) is 20.2 Å². The van der Waals surface area contributed by atoms with Crippen molar-refractivity contribution in [1.82, 2.24) is 0 Å². The number of ether oxygens (including phenoxy) is 2. The molecule has 0 saturated carbocycles. The zero-order valence-corrected chi connectivity index (χ0v) is 11.6. The third-order valence-electron chi connectivity index (χ3n) is 2.56. The van der Waals surface area contributed by atoms with Gasteiger partial charge in [-0.05, 0) is 30.3 Å². The molecule has 3 nitrogen and oxygen atoms in total. The zero-order valence-electron chi connectivity index (χ0n) is 10.8. The summed E-state index contributed by atoms with van der Waals surface area (Å²) >= 11 is 1.59. The lowest BCUT2D eigenvalue weighted by Crippen LogP contribution is -2.04. The maximum Gasteiger partial charge on any atom is 0.341 e. The Balaban J connectivity index is 2.30. The van der Waals surface area contributed by atoms with Crippen LogP contribution in [0.1, 0.15) is 10.4 Å². The second-order valence-corrected chi connectivity index (χ2v) is 4.92. The molecule has 0 aliphatic carbocycles. The summed E-state index contributed by atoms with van der Waals surface area (Å²) in [5, 5.41) is 0. The Hall–Kier alpha value is -1.94. The number of methoxy groups -OCH3 is 2. The van der Waals surface area contributed by atoms with Gasteiger partial charge in [-0.2, -0.15) is 0 Å². The molecule has 2 aromatic rings. The monoisotopic (exact) mass is 274 g/mol. The maximum absolute atomic E-state index is 11.7. The third-order valence-corrected chi connectivity index (χ3v) is 3.55. The van der Waals surface area contributed by atoms with Gasteiger partial charge in [-0.15, -0.1) is 0 Å². The molecule has 2 rings (SSSR count). The Morgan fingerprint density at radius 1 is 1.00 bits per heavy atom. The molecule has 0 fully saturated rings. The average molecular weight is 274 g/mol. The summed E-state index contributed by atoms with van der Waals surface area (Å²) in [6.07, 6.45) is 0. The van der Waals surface area contributed by atoms with Gasteiger partial charge in [-0.3, -0.25) is 0 Å². The van der Waals surface area contributed by atoms with Crippen molar-refractivity contribution in [3.8, 4) is 5.75 Å². The molecule has 0 unspecified atom stereocenters. The van der Waals surface area contributed by atoms with Crippen LogP contribution in [-0.2, 0) is 4.74 Å². The smallest absolute Gasteiger partial charge is 0.341 e. The number of carbonyl (C=O) groups excluding carboxylic acids is 1. The first-order valence-corrected chi connectivity index (χ1v) is 6.55. The number of esters is 1. The van der Waals surface area contributed by atoms with Crippen molar-refractivity contribution in [3.63, 3.8) is 0 Å². The van der Waals surface area contributed by atoms with E-state index in [4.69, 9.17) is 9.47 Å². The van der Waals surface area contributed by atoms with Crippen molar-refractivity contribution in [1.29, 1.82) is 0 Å². The van der Waals surface area contributed by atoms with Gasteiger partial charge in [0.15, 0.2) is 0 Å². The lowest BCUT2D eigenvalue weighted by molar-refractivity contribution is 0.0597. The lowest BCUT2D eigenvalue weighted by Gasteiger charge is -2.09. The molecule has 0 N–H and O–H groups in total. The minimum Gasteiger partial charge on any atom is -0.496 e. The minimum absolute atomic E-state index is 0.396. The normalized spacial score (nSPS) is 10.0. The molecule has 2 aromatic carbocycles. The zero-order chi connectivity index (χ0) is 13.7. The molecule has 98 valence electrons. The number of hydrogen-bond donors (Lipinski definition) is 0. The average Bonchev–Trinajstić information content (AvgIpc) is 2.47. The summed E-state index contributed by atoms with van der Waals surface area (Å²) in [6.45, 7) is 0. The highest BCUT2D eigenvalue weighted by Crippen LogP contribution is 2.31. The molecule has 0 atom stereocenters. The fourth-order valence-electron chi connectivity index (χ4n) is 1.64. The summed E-state index contributed by atoms with van der Waals surface area (Å²) in [4.78, 5) is 13.8. The van der Waals surface area contributed by atoms with Crippen molar-refractivity contribution < 1.29 is 14.3 Å². The number of carbonyl (C=O) groups is 1. The van der Waals surface area contributed by atoms with E-state index in [-0.39, 0.29) is 0 Å². The molecule has 0 spiro atoms. The molecule has 0 heterocycles. The van der Waals surface area contributed by atoms with E-state index in [9.17, 15) is 4.79 Å². The van der Waals surface area contributed by atoms with Gasteiger partial charge in [-0.1, -0.05) is 30.0 Å². The van der Waals surface area contributed by atoms with E-state index in [1.54, 1.807) is 23.9 Å². The summed E-state index contributed by atoms with van der Waals surface area (Å²) < 4.78 is 9.92. The SMILES string of the molecule is COC(=O)c1cc(Sc2ccccc2)ccc1OC. The highest BCUT2D eigenvalue weighted by atomic mass is 32.2. The first-order chi connectivity index (χ1) is 9.24. The van der Waals surface area contributed by atoms with Crippen LogP contribution in [0.3, 0.4) is 0 Å². The van der Waals surface area contributed by atoms with Gasteiger partial charge in [0, 0.05) is 9.79 Å². The second-order valence-electron chi connectivity index (χ2n) is 3.77. The Labute approximate surface area is 116 Å². The Morgan fingerprint density at radius 2 is 1.74 bits per heavy atom. The van der Waals surface area contributed by atoms with Gasteiger partial charge < -0.3 is 9.47 Å². The van der Waals surface area contributed by atoms with E-state index in [0.29, 0.717) is 11.3 Å². The molecule has 0 aliphatic heterocycles. The van der Waals surface area contributed by atoms with Gasteiger partial charge in [0.1, 0.15) is 11.3 Å². The first kappa shape index (κ1) is 13.5. The van der Waals surface area contributed by atoms with Crippen LogP contribution in [0.15, 0.2) is 58.3 Å². The molecule has 0 radical (unpaired) electrons. The van der Waals surface area contributed by atoms with Crippen LogP contribution in [0.5, 0.6) is 5.75 Å². The Kier molecular flexibility index (Phi) is 4.47. The molecule has 0 bridgehead atoms. The summed E-state index contributed by atoms with van der Waals surface area (Å²) in [5.74, 6) is 0.122. The fourth-order valence-corrected chi connectivity index (χ4v) is 2.52. The molecular formula is C15H14O3S. The topological polar surface area (TPSA) is 35.5 Å². The van der Waals surface area contributed by atoms with Crippen LogP contribution in [0.4, 0.5) is 0 Å². The van der Waals surface area contributed by atoms with Crippen LogP contribution in [0.2, 0.25) is 0 Å². The van der Waals surface area contributed by atoms with E-state index in [1.165, 1.54) is 14.2 Å². The summed E-state index contributed by atoms with van der Waals surface area (Å²) in [6, 6.07) is 15.4. The van der Waals surface area contributed by atoms with Crippen LogP contribution < -0.4 is 4.74 Å². The van der Waals surface area contributed by atoms with E-state index in [2.05, 4.69) is 0 Å².